The van der Waals surface area contributed by atoms with Gasteiger partial charge in [-0.1, -0.05) is 25.3 Å². The highest BCUT2D eigenvalue weighted by molar-refractivity contribution is 8.77. The van der Waals surface area contributed by atoms with E-state index in [1.807, 2.05) is 0 Å². The van der Waals surface area contributed by atoms with Crippen LogP contribution in [0.5, 0.6) is 0 Å². The van der Waals surface area contributed by atoms with Crippen LogP contribution < -0.4 is 0 Å². The summed E-state index contributed by atoms with van der Waals surface area (Å²) in [5.74, 6) is 0. The van der Waals surface area contributed by atoms with Crippen molar-refractivity contribution in [3.63, 3.8) is 0 Å². The predicted molar refractivity (Wildman–Crippen MR) is 61.7 cm³/mol. The van der Waals surface area contributed by atoms with Crippen LogP contribution in [0, 0.1) is 0 Å². The van der Waals surface area contributed by atoms with Gasteiger partial charge < -0.3 is 0 Å². The molecule has 0 amide bonds. The van der Waals surface area contributed by atoms with Crippen LogP contribution in [0.25, 0.3) is 0 Å². The van der Waals surface area contributed by atoms with Crippen molar-refractivity contribution in [1.29, 1.82) is 0 Å². The Labute approximate surface area is 88.2 Å². The Bertz CT molecular complexity index is 151. The molecule has 1 aliphatic rings. The van der Waals surface area contributed by atoms with Crippen LogP contribution in [0.2, 0.25) is 0 Å². The van der Waals surface area contributed by atoms with Crippen molar-refractivity contribution in [1.82, 2.24) is 0 Å². The summed E-state index contributed by atoms with van der Waals surface area (Å²) < 4.78 is 3.99. The molecule has 2 nitrogen and oxygen atoms in total. The zero-order valence-corrected chi connectivity index (χ0v) is 9.45. The Morgan fingerprint density at radius 3 is 2.85 bits per heavy atom. The van der Waals surface area contributed by atoms with Gasteiger partial charge in [0.15, 0.2) is 0 Å². The minimum atomic E-state index is 0.900. The highest BCUT2D eigenvalue weighted by Gasteiger charge is 1.90. The molecule has 0 N–H and O–H groups in total. The van der Waals surface area contributed by atoms with Gasteiger partial charge in [0.1, 0.15) is 0 Å². The van der Waals surface area contributed by atoms with Crippen LogP contribution in [0.15, 0.2) is 21.1 Å². The van der Waals surface area contributed by atoms with Crippen LogP contribution in [-0.4, -0.2) is 6.54 Å². The van der Waals surface area contributed by atoms with Crippen molar-refractivity contribution >= 4 is 21.8 Å². The Morgan fingerprint density at radius 1 is 1.00 bits per heavy atom. The Kier molecular flexibility index (Phi) is 7.38. The van der Waals surface area contributed by atoms with Gasteiger partial charge in [-0.3, -0.25) is 0 Å². The first kappa shape index (κ1) is 11.1. The molecule has 1 rings (SSSR count). The summed E-state index contributed by atoms with van der Waals surface area (Å²) in [6.07, 6.45) is 9.98. The van der Waals surface area contributed by atoms with E-state index >= 15 is 0 Å². The zero-order valence-electron chi connectivity index (χ0n) is 7.82. The molecular formula is C9H16N2S2. The maximum atomic E-state index is 4.07. The van der Waals surface area contributed by atoms with Gasteiger partial charge in [-0.15, -0.1) is 4.52 Å². The summed E-state index contributed by atoms with van der Waals surface area (Å²) in [7, 11) is 3.11. The van der Waals surface area contributed by atoms with Crippen molar-refractivity contribution in [2.75, 3.05) is 6.54 Å². The zero-order chi connectivity index (χ0) is 9.19. The molecule has 0 unspecified atom stereocenters. The highest BCUT2D eigenvalue weighted by atomic mass is 33.1. The fourth-order valence-electron chi connectivity index (χ4n) is 1.19. The number of hydrogen-bond donors (Lipinski definition) is 0. The standard InChI is InChI=1S/C9H16N2S2/c1-2-4-6-8-10-11-13-12-9-7-5-3-1/h7,9H,1-6,8H2/b9-7-,11-10+. The predicted octanol–water partition coefficient (Wildman–Crippen LogP) is 4.60. The summed E-state index contributed by atoms with van der Waals surface area (Å²) in [6.45, 7) is 0.900. The average Bonchev–Trinajstić information content (AvgIpc) is 2.18. The molecular weight excluding hydrogens is 200 g/mol. The molecule has 74 valence electrons. The number of hydrogen-bond acceptors (Lipinski definition) is 4. The van der Waals surface area contributed by atoms with E-state index in [0.29, 0.717) is 0 Å². The van der Waals surface area contributed by atoms with Gasteiger partial charge in [-0.2, -0.15) is 5.11 Å². The molecule has 0 saturated carbocycles. The first-order valence-corrected chi connectivity index (χ1v) is 7.01. The second kappa shape index (κ2) is 8.63. The molecule has 0 saturated heterocycles. The topological polar surface area (TPSA) is 24.7 Å². The first-order chi connectivity index (χ1) is 6.50. The lowest BCUT2D eigenvalue weighted by Crippen LogP contribution is -1.81. The Hall–Kier alpha value is 0.0400. The first-order valence-electron chi connectivity index (χ1n) is 4.84. The van der Waals surface area contributed by atoms with Gasteiger partial charge in [-0.05, 0) is 35.5 Å². The summed E-state index contributed by atoms with van der Waals surface area (Å²) >= 11 is 0. The molecule has 0 bridgehead atoms. The van der Waals surface area contributed by atoms with E-state index in [1.54, 1.807) is 10.8 Å². The third kappa shape index (κ3) is 7.14. The average molecular weight is 216 g/mol. The van der Waals surface area contributed by atoms with Crippen molar-refractivity contribution in [3.8, 4) is 0 Å². The molecule has 13 heavy (non-hydrogen) atoms. The largest absolute Gasteiger partial charge is 0.181 e. The SMILES string of the molecule is C1=C\SS/N=N/CCCCCCC/1. The van der Waals surface area contributed by atoms with Crippen LogP contribution in [0.4, 0.5) is 0 Å². The van der Waals surface area contributed by atoms with Gasteiger partial charge in [0.05, 0.1) is 17.5 Å². The van der Waals surface area contributed by atoms with E-state index < -0.39 is 0 Å². The third-order valence-electron chi connectivity index (χ3n) is 1.91. The summed E-state index contributed by atoms with van der Waals surface area (Å²) in [4.78, 5) is 0. The lowest BCUT2D eigenvalue weighted by molar-refractivity contribution is 0.619. The maximum Gasteiger partial charge on any atom is 0.0716 e. The summed E-state index contributed by atoms with van der Waals surface area (Å²) in [6, 6.07) is 0. The molecule has 0 aliphatic carbocycles. The van der Waals surface area contributed by atoms with Gasteiger partial charge in [0.2, 0.25) is 0 Å². The van der Waals surface area contributed by atoms with Crippen LogP contribution >= 0.6 is 21.8 Å². The van der Waals surface area contributed by atoms with Gasteiger partial charge in [0, 0.05) is 0 Å². The molecule has 0 aromatic heterocycles. The summed E-state index contributed by atoms with van der Waals surface area (Å²) in [5, 5.41) is 6.18. The van der Waals surface area contributed by atoms with Gasteiger partial charge in [0.25, 0.3) is 0 Å². The second-order valence-electron chi connectivity index (χ2n) is 3.05. The fraction of sp³-hybridized carbons (Fsp3) is 0.778. The summed E-state index contributed by atoms with van der Waals surface area (Å²) in [5.41, 5.74) is 0. The minimum Gasteiger partial charge on any atom is -0.181 e. The molecule has 4 heteroatoms. The smallest absolute Gasteiger partial charge is 0.0716 e. The number of allylic oxidation sites excluding steroid dienone is 1. The van der Waals surface area contributed by atoms with Crippen molar-refractivity contribution in [2.45, 2.75) is 38.5 Å². The molecule has 0 atom stereocenters. The molecule has 0 spiro atoms. The maximum absolute atomic E-state index is 4.07. The van der Waals surface area contributed by atoms with Gasteiger partial charge >= 0.3 is 0 Å². The lowest BCUT2D eigenvalue weighted by Gasteiger charge is -1.96. The van der Waals surface area contributed by atoms with Crippen LogP contribution in [0.3, 0.4) is 0 Å². The van der Waals surface area contributed by atoms with E-state index in [1.165, 1.54) is 49.5 Å². The molecule has 1 aliphatic heterocycles. The van der Waals surface area contributed by atoms with Crippen LogP contribution in [-0.2, 0) is 0 Å². The third-order valence-corrected chi connectivity index (χ3v) is 3.28. The monoisotopic (exact) mass is 216 g/mol. The lowest BCUT2D eigenvalue weighted by atomic mass is 10.1. The number of rotatable bonds is 0. The molecule has 0 aromatic rings. The minimum absolute atomic E-state index is 0.900. The quantitative estimate of drug-likeness (QED) is 0.436. The molecule has 0 fully saturated rings. The molecule has 1 heterocycles. The van der Waals surface area contributed by atoms with Crippen LogP contribution in [0.1, 0.15) is 38.5 Å². The van der Waals surface area contributed by atoms with Crippen molar-refractivity contribution < 1.29 is 0 Å². The Morgan fingerprint density at radius 2 is 1.85 bits per heavy atom. The number of nitrogens with zero attached hydrogens (tertiary/aromatic N) is 2. The van der Waals surface area contributed by atoms with E-state index in [0.717, 1.165) is 6.54 Å². The molecule has 0 aromatic carbocycles. The van der Waals surface area contributed by atoms with E-state index in [4.69, 9.17) is 0 Å². The van der Waals surface area contributed by atoms with E-state index in [9.17, 15) is 0 Å². The van der Waals surface area contributed by atoms with Crippen molar-refractivity contribution in [3.05, 3.63) is 11.5 Å². The van der Waals surface area contributed by atoms with Gasteiger partial charge in [-0.25, -0.2) is 0 Å². The molecule has 0 radical (unpaired) electrons. The Balaban J connectivity index is 2.18. The fourth-order valence-corrected chi connectivity index (χ4v) is 2.26. The second-order valence-corrected chi connectivity index (χ2v) is 4.85. The highest BCUT2D eigenvalue weighted by Crippen LogP contribution is 2.24. The van der Waals surface area contributed by atoms with Crippen molar-refractivity contribution in [2.24, 2.45) is 9.63 Å². The normalized spacial score (nSPS) is 26.5. The van der Waals surface area contributed by atoms with E-state index in [2.05, 4.69) is 21.1 Å². The van der Waals surface area contributed by atoms with E-state index in [-0.39, 0.29) is 0 Å².